The van der Waals surface area contributed by atoms with Crippen molar-refractivity contribution in [3.63, 3.8) is 0 Å². The summed E-state index contributed by atoms with van der Waals surface area (Å²) in [6.45, 7) is 5.84. The third-order valence-corrected chi connectivity index (χ3v) is 7.40. The average molecular weight is 604 g/mol. The van der Waals surface area contributed by atoms with Gasteiger partial charge in [-0.2, -0.15) is 0 Å². The van der Waals surface area contributed by atoms with Crippen molar-refractivity contribution in [3.8, 4) is 0 Å². The number of hydrogen-bond acceptors (Lipinski definition) is 8. The Morgan fingerprint density at radius 1 is 0.955 bits per heavy atom. The van der Waals surface area contributed by atoms with Crippen LogP contribution in [0.25, 0.3) is 11.0 Å². The molecule has 0 spiro atoms. The molecule has 1 aliphatic heterocycles. The number of amides is 1. The zero-order valence-corrected chi connectivity index (χ0v) is 24.6. The van der Waals surface area contributed by atoms with Crippen LogP contribution in [0, 0.1) is 5.92 Å². The lowest BCUT2D eigenvalue weighted by atomic mass is 9.93. The Bertz CT molecular complexity index is 1560. The highest BCUT2D eigenvalue weighted by atomic mass is 16.4. The third kappa shape index (κ3) is 9.01. The van der Waals surface area contributed by atoms with Gasteiger partial charge >= 0.3 is 11.9 Å². The van der Waals surface area contributed by atoms with Gasteiger partial charge in [0.05, 0.1) is 35.9 Å². The van der Waals surface area contributed by atoms with E-state index in [4.69, 9.17) is 29.2 Å². The fourth-order valence-corrected chi connectivity index (χ4v) is 5.17. The summed E-state index contributed by atoms with van der Waals surface area (Å²) in [5.41, 5.74) is 3.41. The minimum Gasteiger partial charge on any atom is -0.473 e. The molecule has 12 heteroatoms. The molecule has 0 atom stereocenters. The topological polar surface area (TPSA) is 167 Å². The van der Waals surface area contributed by atoms with Gasteiger partial charge < -0.3 is 34.7 Å². The maximum atomic E-state index is 12.8. The van der Waals surface area contributed by atoms with Crippen molar-refractivity contribution in [2.24, 2.45) is 5.92 Å². The lowest BCUT2D eigenvalue weighted by molar-refractivity contribution is -0.159. The van der Waals surface area contributed by atoms with Crippen LogP contribution in [-0.2, 0) is 27.3 Å². The standard InChI is InChI=1S/C30H35N5O3.C2H2O4/c1-22(36)20-32-26-9-3-2-8-25(26)30(37)31-14-17-34-15-12-23(13-16-34)19-29-33-27-10-4-5-11-28(27)35(29)21-24-7-6-18-38-24;3-1(4)2(5)6/h2-11,18,23,32H,12-17,19-21H2,1H3,(H,31,37);(H,3,4)(H,5,6). The molecule has 0 radical (unpaired) electrons. The SMILES string of the molecule is CC(=O)CNc1ccccc1C(=O)NCCN1CCC(Cc2nc3ccccc3n2Cc2ccco2)CC1.O=C(O)C(=O)O. The zero-order chi connectivity index (χ0) is 31.5. The van der Waals surface area contributed by atoms with E-state index in [-0.39, 0.29) is 18.2 Å². The minimum absolute atomic E-state index is 0.0263. The number of carboxylic acid groups (broad SMARTS) is 2. The summed E-state index contributed by atoms with van der Waals surface area (Å²) in [5, 5.41) is 20.9. The highest BCUT2D eigenvalue weighted by Gasteiger charge is 2.23. The number of carboxylic acids is 2. The normalized spacial score (nSPS) is 13.6. The van der Waals surface area contributed by atoms with Crippen molar-refractivity contribution in [3.05, 3.63) is 84.1 Å². The number of anilines is 1. The number of Topliss-reactive ketones (excluding diaryl/α,β-unsaturated/α-hetero) is 1. The number of nitrogens with zero attached hydrogens (tertiary/aromatic N) is 3. The van der Waals surface area contributed by atoms with Crippen LogP contribution in [0.15, 0.2) is 71.3 Å². The fourth-order valence-electron chi connectivity index (χ4n) is 5.17. The molecule has 1 aliphatic rings. The van der Waals surface area contributed by atoms with Crippen molar-refractivity contribution in [2.45, 2.75) is 32.7 Å². The van der Waals surface area contributed by atoms with E-state index in [1.165, 1.54) is 6.92 Å². The fraction of sp³-hybridized carbons (Fsp3) is 0.344. The Morgan fingerprint density at radius 2 is 1.66 bits per heavy atom. The average Bonchev–Trinajstić information content (AvgIpc) is 3.65. The predicted molar refractivity (Wildman–Crippen MR) is 164 cm³/mol. The van der Waals surface area contributed by atoms with Gasteiger partial charge in [0.1, 0.15) is 17.4 Å². The van der Waals surface area contributed by atoms with E-state index in [1.54, 1.807) is 12.3 Å². The summed E-state index contributed by atoms with van der Waals surface area (Å²) in [4.78, 5) is 49.7. The number of rotatable bonds is 11. The number of ketones is 1. The highest BCUT2D eigenvalue weighted by molar-refractivity contribution is 6.27. The summed E-state index contributed by atoms with van der Waals surface area (Å²) < 4.78 is 7.91. The van der Waals surface area contributed by atoms with Crippen molar-refractivity contribution in [1.82, 2.24) is 19.8 Å². The number of likely N-dealkylation sites (tertiary alicyclic amines) is 1. The van der Waals surface area contributed by atoms with E-state index in [2.05, 4.69) is 38.3 Å². The van der Waals surface area contributed by atoms with Crippen molar-refractivity contribution >= 4 is 40.3 Å². The van der Waals surface area contributed by atoms with E-state index in [9.17, 15) is 9.59 Å². The largest absolute Gasteiger partial charge is 0.473 e. The number of carbonyl (C=O) groups excluding carboxylic acids is 2. The number of para-hydroxylation sites is 3. The van der Waals surface area contributed by atoms with Gasteiger partial charge in [-0.15, -0.1) is 0 Å². The molecular weight excluding hydrogens is 566 g/mol. The minimum atomic E-state index is -1.82. The Hall–Kier alpha value is -4.97. The lowest BCUT2D eigenvalue weighted by Crippen LogP contribution is -2.40. The number of hydrogen-bond donors (Lipinski definition) is 4. The quantitative estimate of drug-likeness (QED) is 0.186. The Morgan fingerprint density at radius 3 is 2.34 bits per heavy atom. The molecule has 12 nitrogen and oxygen atoms in total. The molecule has 0 unspecified atom stereocenters. The highest BCUT2D eigenvalue weighted by Crippen LogP contribution is 2.25. The van der Waals surface area contributed by atoms with Crippen LogP contribution in [0.1, 0.15) is 41.7 Å². The maximum absolute atomic E-state index is 12.8. The first kappa shape index (κ1) is 32.0. The Balaban J connectivity index is 0.000000670. The molecule has 232 valence electrons. The van der Waals surface area contributed by atoms with Gasteiger partial charge in [0.25, 0.3) is 5.91 Å². The van der Waals surface area contributed by atoms with E-state index >= 15 is 0 Å². The first-order valence-corrected chi connectivity index (χ1v) is 14.5. The summed E-state index contributed by atoms with van der Waals surface area (Å²) in [7, 11) is 0. The number of aliphatic carboxylic acids is 2. The molecule has 3 heterocycles. The second-order valence-corrected chi connectivity index (χ2v) is 10.6. The van der Waals surface area contributed by atoms with Gasteiger partial charge in [-0.3, -0.25) is 9.59 Å². The van der Waals surface area contributed by atoms with Crippen LogP contribution in [0.5, 0.6) is 0 Å². The summed E-state index contributed by atoms with van der Waals surface area (Å²) in [6.07, 6.45) is 4.88. The number of nitrogens with one attached hydrogen (secondary N) is 2. The number of furan rings is 1. The number of imidazole rings is 1. The Kier molecular flexibility index (Phi) is 11.2. The molecule has 5 rings (SSSR count). The molecule has 1 fully saturated rings. The summed E-state index contributed by atoms with van der Waals surface area (Å²) in [6, 6.07) is 19.5. The van der Waals surface area contributed by atoms with E-state index < -0.39 is 11.9 Å². The molecule has 4 N–H and O–H groups in total. The lowest BCUT2D eigenvalue weighted by Gasteiger charge is -2.32. The van der Waals surface area contributed by atoms with Crippen molar-refractivity contribution in [2.75, 3.05) is 38.0 Å². The monoisotopic (exact) mass is 603 g/mol. The van der Waals surface area contributed by atoms with Crippen LogP contribution in [0.4, 0.5) is 5.69 Å². The molecule has 4 aromatic rings. The number of piperidine rings is 1. The number of benzene rings is 2. The van der Waals surface area contributed by atoms with Crippen molar-refractivity contribution < 1.29 is 33.8 Å². The Labute approximate surface area is 254 Å². The van der Waals surface area contributed by atoms with Gasteiger partial charge in [-0.25, -0.2) is 14.6 Å². The second-order valence-electron chi connectivity index (χ2n) is 10.6. The third-order valence-electron chi connectivity index (χ3n) is 7.40. The first-order chi connectivity index (χ1) is 21.2. The van der Waals surface area contributed by atoms with Gasteiger partial charge in [0.15, 0.2) is 0 Å². The van der Waals surface area contributed by atoms with Crippen LogP contribution < -0.4 is 10.6 Å². The molecular formula is C32H37N5O7. The molecule has 0 bridgehead atoms. The first-order valence-electron chi connectivity index (χ1n) is 14.5. The number of carbonyl (C=O) groups is 4. The van der Waals surface area contributed by atoms with Gasteiger partial charge in [-0.1, -0.05) is 24.3 Å². The maximum Gasteiger partial charge on any atom is 0.414 e. The molecule has 1 amide bonds. The molecule has 0 aliphatic carbocycles. The summed E-state index contributed by atoms with van der Waals surface area (Å²) in [5.74, 6) is -1.12. The second kappa shape index (κ2) is 15.5. The van der Waals surface area contributed by atoms with Crippen LogP contribution in [-0.4, -0.2) is 81.0 Å². The van der Waals surface area contributed by atoms with Gasteiger partial charge in [0.2, 0.25) is 0 Å². The van der Waals surface area contributed by atoms with Gasteiger partial charge in [0, 0.05) is 25.2 Å². The van der Waals surface area contributed by atoms with E-state index in [0.717, 1.165) is 61.5 Å². The molecule has 44 heavy (non-hydrogen) atoms. The van der Waals surface area contributed by atoms with Crippen LogP contribution >= 0.6 is 0 Å². The number of aromatic nitrogens is 2. The van der Waals surface area contributed by atoms with Crippen LogP contribution in [0.2, 0.25) is 0 Å². The molecule has 0 saturated carbocycles. The van der Waals surface area contributed by atoms with E-state index in [1.807, 2.05) is 36.4 Å². The van der Waals surface area contributed by atoms with Crippen molar-refractivity contribution in [1.29, 1.82) is 0 Å². The molecule has 2 aromatic heterocycles. The predicted octanol–water partition coefficient (Wildman–Crippen LogP) is 3.52. The number of fused-ring (bicyclic) bond motifs is 1. The molecule has 2 aromatic carbocycles. The molecule has 1 saturated heterocycles. The van der Waals surface area contributed by atoms with E-state index in [0.29, 0.717) is 30.3 Å². The van der Waals surface area contributed by atoms with Crippen LogP contribution in [0.3, 0.4) is 0 Å². The smallest absolute Gasteiger partial charge is 0.414 e. The zero-order valence-electron chi connectivity index (χ0n) is 24.6. The van der Waals surface area contributed by atoms with Gasteiger partial charge in [-0.05, 0) is 75.2 Å². The summed E-state index contributed by atoms with van der Waals surface area (Å²) >= 11 is 0.